The Balaban J connectivity index is 3.08. The molecule has 1 aromatic rings. The van der Waals surface area contributed by atoms with Gasteiger partial charge in [0.2, 0.25) is 0 Å². The summed E-state index contributed by atoms with van der Waals surface area (Å²) in [7, 11) is 0. The van der Waals surface area contributed by atoms with Gasteiger partial charge in [0.25, 0.3) is 0 Å². The summed E-state index contributed by atoms with van der Waals surface area (Å²) in [5.41, 5.74) is 2.09. The first-order valence-electron chi connectivity index (χ1n) is 4.45. The van der Waals surface area contributed by atoms with Crippen molar-refractivity contribution in [1.82, 2.24) is 0 Å². The van der Waals surface area contributed by atoms with Crippen molar-refractivity contribution in [2.45, 2.75) is 19.8 Å². The van der Waals surface area contributed by atoms with Gasteiger partial charge in [0, 0.05) is 0 Å². The van der Waals surface area contributed by atoms with Crippen LogP contribution < -0.4 is 5.43 Å². The van der Waals surface area contributed by atoms with E-state index in [2.05, 4.69) is 6.58 Å². The van der Waals surface area contributed by atoms with Crippen molar-refractivity contribution in [3.8, 4) is 0 Å². The van der Waals surface area contributed by atoms with E-state index in [1.807, 2.05) is 25.1 Å². The molecule has 1 heteroatoms. The van der Waals surface area contributed by atoms with Gasteiger partial charge >= 0.3 is 0 Å². The van der Waals surface area contributed by atoms with Crippen LogP contribution in [-0.2, 0) is 6.42 Å². The van der Waals surface area contributed by atoms with Gasteiger partial charge in [-0.2, -0.15) is 0 Å². The van der Waals surface area contributed by atoms with Gasteiger partial charge in [0.15, 0.2) is 5.43 Å². The Hall–Kier alpha value is -1.37. The van der Waals surface area contributed by atoms with Crippen molar-refractivity contribution in [3.05, 3.63) is 58.3 Å². The summed E-state index contributed by atoms with van der Waals surface area (Å²) >= 11 is 0. The lowest BCUT2D eigenvalue weighted by atomic mass is 10.1. The van der Waals surface area contributed by atoms with E-state index in [-0.39, 0.29) is 5.43 Å². The highest BCUT2D eigenvalue weighted by Crippen LogP contribution is 2.04. The maximum atomic E-state index is 11.4. The van der Waals surface area contributed by atoms with Crippen LogP contribution in [0.15, 0.2) is 41.7 Å². The van der Waals surface area contributed by atoms with Crippen molar-refractivity contribution in [1.29, 1.82) is 0 Å². The molecule has 0 saturated heterocycles. The molecule has 0 aliphatic carbocycles. The molecule has 0 bridgehead atoms. The summed E-state index contributed by atoms with van der Waals surface area (Å²) < 4.78 is 0. The molecule has 1 rings (SSSR count). The van der Waals surface area contributed by atoms with Gasteiger partial charge in [-0.1, -0.05) is 24.3 Å². The lowest BCUT2D eigenvalue weighted by Gasteiger charge is -1.97. The fraction of sp³-hybridized carbons (Fsp3) is 0.250. The topological polar surface area (TPSA) is 17.1 Å². The van der Waals surface area contributed by atoms with Gasteiger partial charge in [-0.15, -0.1) is 6.58 Å². The first kappa shape index (κ1) is 9.72. The second-order valence-corrected chi connectivity index (χ2v) is 3.06. The molecule has 0 amide bonds. The fourth-order valence-electron chi connectivity index (χ4n) is 1.25. The number of hydrogen-bond acceptors (Lipinski definition) is 1. The molecule has 0 spiro atoms. The van der Waals surface area contributed by atoms with E-state index in [1.165, 1.54) is 0 Å². The zero-order valence-corrected chi connectivity index (χ0v) is 7.92. The minimum Gasteiger partial charge on any atom is -0.290 e. The summed E-state index contributed by atoms with van der Waals surface area (Å²) in [6.07, 6.45) is 3.69. The summed E-state index contributed by atoms with van der Waals surface area (Å²) in [6, 6.07) is 7.30. The Bertz CT molecular complexity index is 353. The predicted molar refractivity (Wildman–Crippen MR) is 56.0 cm³/mol. The second kappa shape index (κ2) is 4.61. The normalized spacial score (nSPS) is 9.62. The zero-order chi connectivity index (χ0) is 9.68. The van der Waals surface area contributed by atoms with E-state index in [9.17, 15) is 4.79 Å². The third kappa shape index (κ3) is 2.55. The van der Waals surface area contributed by atoms with E-state index in [1.54, 1.807) is 12.1 Å². The minimum absolute atomic E-state index is 0.115. The summed E-state index contributed by atoms with van der Waals surface area (Å²) in [5.74, 6) is 0. The molecule has 0 fully saturated rings. The van der Waals surface area contributed by atoms with Crippen LogP contribution in [0.5, 0.6) is 0 Å². The van der Waals surface area contributed by atoms with E-state index in [0.29, 0.717) is 0 Å². The van der Waals surface area contributed by atoms with Crippen LogP contribution in [0.25, 0.3) is 0 Å². The fourth-order valence-corrected chi connectivity index (χ4v) is 1.25. The third-order valence-electron chi connectivity index (χ3n) is 2.13. The number of aryl methyl sites for hydroxylation is 1. The predicted octanol–water partition coefficient (Wildman–Crippen LogP) is 2.47. The molecular weight excluding hydrogens is 160 g/mol. The van der Waals surface area contributed by atoms with Crippen LogP contribution in [0.2, 0.25) is 0 Å². The number of hydrogen-bond donors (Lipinski definition) is 0. The Morgan fingerprint density at radius 2 is 2.08 bits per heavy atom. The largest absolute Gasteiger partial charge is 0.290 e. The molecule has 68 valence electrons. The van der Waals surface area contributed by atoms with Crippen LogP contribution in [-0.4, -0.2) is 0 Å². The smallest absolute Gasteiger partial charge is 0.181 e. The van der Waals surface area contributed by atoms with Crippen LogP contribution in [0.3, 0.4) is 0 Å². The molecule has 0 aromatic heterocycles. The average molecular weight is 174 g/mol. The van der Waals surface area contributed by atoms with Gasteiger partial charge in [-0.05, 0) is 37.0 Å². The highest BCUT2D eigenvalue weighted by atomic mass is 16.1. The SMILES string of the molecule is C=CCCc1ccccc(=O)c1C. The molecule has 0 aliphatic heterocycles. The van der Waals surface area contributed by atoms with Crippen LogP contribution in [0.4, 0.5) is 0 Å². The third-order valence-corrected chi connectivity index (χ3v) is 2.13. The molecule has 0 N–H and O–H groups in total. The summed E-state index contributed by atoms with van der Waals surface area (Å²) in [6.45, 7) is 5.54. The van der Waals surface area contributed by atoms with E-state index in [4.69, 9.17) is 0 Å². The molecule has 0 atom stereocenters. The Labute approximate surface area is 78.7 Å². The summed E-state index contributed by atoms with van der Waals surface area (Å²) in [5, 5.41) is 0. The molecule has 0 saturated carbocycles. The van der Waals surface area contributed by atoms with Crippen molar-refractivity contribution in [2.24, 2.45) is 0 Å². The zero-order valence-electron chi connectivity index (χ0n) is 7.92. The lowest BCUT2D eigenvalue weighted by molar-refractivity contribution is 0.990. The first-order chi connectivity index (χ1) is 6.25. The van der Waals surface area contributed by atoms with Crippen molar-refractivity contribution < 1.29 is 0 Å². The summed E-state index contributed by atoms with van der Waals surface area (Å²) in [4.78, 5) is 11.4. The molecule has 0 heterocycles. The Morgan fingerprint density at radius 1 is 1.38 bits per heavy atom. The van der Waals surface area contributed by atoms with Crippen molar-refractivity contribution >= 4 is 0 Å². The molecule has 13 heavy (non-hydrogen) atoms. The number of allylic oxidation sites excluding steroid dienone is 1. The molecule has 0 radical (unpaired) electrons. The average Bonchev–Trinajstić information content (AvgIpc) is 2.28. The maximum Gasteiger partial charge on any atom is 0.181 e. The van der Waals surface area contributed by atoms with Crippen LogP contribution in [0.1, 0.15) is 17.5 Å². The van der Waals surface area contributed by atoms with Crippen molar-refractivity contribution in [2.75, 3.05) is 0 Å². The Kier molecular flexibility index (Phi) is 3.44. The highest BCUT2D eigenvalue weighted by molar-refractivity contribution is 5.24. The molecule has 1 nitrogen and oxygen atoms in total. The highest BCUT2D eigenvalue weighted by Gasteiger charge is 1.97. The monoisotopic (exact) mass is 174 g/mol. The van der Waals surface area contributed by atoms with Crippen LogP contribution in [0, 0.1) is 6.92 Å². The maximum absolute atomic E-state index is 11.4. The lowest BCUT2D eigenvalue weighted by Crippen LogP contribution is -2.02. The second-order valence-electron chi connectivity index (χ2n) is 3.06. The van der Waals surface area contributed by atoms with Crippen molar-refractivity contribution in [3.63, 3.8) is 0 Å². The quantitative estimate of drug-likeness (QED) is 0.643. The Morgan fingerprint density at radius 3 is 2.77 bits per heavy atom. The van der Waals surface area contributed by atoms with Gasteiger partial charge in [-0.3, -0.25) is 4.79 Å². The molecular formula is C12H14O. The van der Waals surface area contributed by atoms with E-state index in [0.717, 1.165) is 24.0 Å². The first-order valence-corrected chi connectivity index (χ1v) is 4.45. The van der Waals surface area contributed by atoms with E-state index < -0.39 is 0 Å². The van der Waals surface area contributed by atoms with Gasteiger partial charge in [0.1, 0.15) is 0 Å². The molecule has 1 aromatic carbocycles. The standard InChI is InChI=1S/C12H14O/c1-3-4-7-11-8-5-6-9-12(13)10(11)2/h3,5-6,8-9H,1,4,7H2,2H3. The minimum atomic E-state index is 0.115. The molecule has 0 aliphatic rings. The van der Waals surface area contributed by atoms with Crippen LogP contribution >= 0.6 is 0 Å². The van der Waals surface area contributed by atoms with E-state index >= 15 is 0 Å². The number of rotatable bonds is 3. The molecule has 0 unspecified atom stereocenters. The van der Waals surface area contributed by atoms with Gasteiger partial charge in [0.05, 0.1) is 0 Å². The van der Waals surface area contributed by atoms with Gasteiger partial charge < -0.3 is 0 Å². The van der Waals surface area contributed by atoms with Gasteiger partial charge in [-0.25, -0.2) is 0 Å².